The molecule has 1 aromatic rings. The molecule has 0 radical (unpaired) electrons. The molecule has 4 heteroatoms. The van der Waals surface area contributed by atoms with Crippen LogP contribution in [0.25, 0.3) is 0 Å². The molecule has 0 saturated carbocycles. The Bertz CT molecular complexity index is 442. The second-order valence-electron chi connectivity index (χ2n) is 5.65. The molecule has 2 rings (SSSR count). The van der Waals surface area contributed by atoms with Crippen molar-refractivity contribution >= 4 is 17.3 Å². The van der Waals surface area contributed by atoms with Crippen LogP contribution in [0.5, 0.6) is 0 Å². The van der Waals surface area contributed by atoms with E-state index in [1.165, 1.54) is 0 Å². The van der Waals surface area contributed by atoms with E-state index in [2.05, 4.69) is 19.2 Å². The fraction of sp³-hybridized carbons (Fsp3) is 0.562. The zero-order valence-electron chi connectivity index (χ0n) is 12.6. The van der Waals surface area contributed by atoms with E-state index in [0.717, 1.165) is 24.3 Å². The number of methoxy groups -OCH3 is 1. The van der Waals surface area contributed by atoms with Crippen molar-refractivity contribution < 1.29 is 9.53 Å². The van der Waals surface area contributed by atoms with E-state index in [9.17, 15) is 4.79 Å². The van der Waals surface area contributed by atoms with Crippen molar-refractivity contribution in [2.45, 2.75) is 32.7 Å². The first-order valence-corrected chi connectivity index (χ1v) is 7.27. The topological polar surface area (TPSA) is 41.6 Å². The number of hydrogen-bond donors (Lipinski definition) is 1. The molecule has 1 aromatic carbocycles. The first kappa shape index (κ1) is 14.9. The van der Waals surface area contributed by atoms with Crippen molar-refractivity contribution in [3.05, 3.63) is 24.3 Å². The van der Waals surface area contributed by atoms with E-state index in [1.54, 1.807) is 7.11 Å². The second-order valence-corrected chi connectivity index (χ2v) is 5.65. The number of benzene rings is 1. The maximum absolute atomic E-state index is 11.7. The number of carbonyl (C=O) groups is 1. The molecule has 1 aliphatic rings. The highest BCUT2D eigenvalue weighted by atomic mass is 16.5. The van der Waals surface area contributed by atoms with Gasteiger partial charge >= 0.3 is 0 Å². The summed E-state index contributed by atoms with van der Waals surface area (Å²) in [5, 5.41) is 3.48. The van der Waals surface area contributed by atoms with Gasteiger partial charge in [0, 0.05) is 31.5 Å². The lowest BCUT2D eigenvalue weighted by Gasteiger charge is -2.23. The van der Waals surface area contributed by atoms with Gasteiger partial charge < -0.3 is 15.0 Å². The second kappa shape index (κ2) is 6.75. The molecule has 0 bridgehead atoms. The van der Waals surface area contributed by atoms with Gasteiger partial charge in [0.05, 0.1) is 12.6 Å². The van der Waals surface area contributed by atoms with Crippen molar-refractivity contribution in [2.24, 2.45) is 5.92 Å². The van der Waals surface area contributed by atoms with Crippen molar-refractivity contribution in [3.8, 4) is 0 Å². The molecular weight excluding hydrogens is 252 g/mol. The molecule has 20 heavy (non-hydrogen) atoms. The minimum absolute atomic E-state index is 0.227. The van der Waals surface area contributed by atoms with Crippen LogP contribution in [0.4, 0.5) is 11.4 Å². The molecule has 1 saturated heterocycles. The maximum atomic E-state index is 11.7. The average molecular weight is 276 g/mol. The molecule has 4 nitrogen and oxygen atoms in total. The van der Waals surface area contributed by atoms with Crippen molar-refractivity contribution in [1.82, 2.24) is 0 Å². The Kier molecular flexibility index (Phi) is 5.01. The van der Waals surface area contributed by atoms with E-state index >= 15 is 0 Å². The van der Waals surface area contributed by atoms with E-state index < -0.39 is 0 Å². The fourth-order valence-corrected chi connectivity index (χ4v) is 2.45. The first-order valence-electron chi connectivity index (χ1n) is 7.27. The normalized spacial score (nSPS) is 16.8. The van der Waals surface area contributed by atoms with Gasteiger partial charge in [0.15, 0.2) is 0 Å². The summed E-state index contributed by atoms with van der Waals surface area (Å²) < 4.78 is 5.24. The summed E-state index contributed by atoms with van der Waals surface area (Å²) in [5.74, 6) is 0.722. The van der Waals surface area contributed by atoms with Gasteiger partial charge in [0.2, 0.25) is 5.91 Å². The number of amides is 1. The third-order valence-electron chi connectivity index (χ3n) is 3.76. The summed E-state index contributed by atoms with van der Waals surface area (Å²) in [5.41, 5.74) is 2.06. The lowest BCUT2D eigenvalue weighted by atomic mass is 10.0. The lowest BCUT2D eigenvalue weighted by molar-refractivity contribution is -0.117. The van der Waals surface area contributed by atoms with E-state index in [0.29, 0.717) is 25.0 Å². The van der Waals surface area contributed by atoms with Crippen LogP contribution in [-0.2, 0) is 9.53 Å². The average Bonchev–Trinajstić information content (AvgIpc) is 2.85. The molecule has 1 heterocycles. The Balaban J connectivity index is 2.02. The summed E-state index contributed by atoms with van der Waals surface area (Å²) >= 11 is 0. The molecule has 1 aliphatic heterocycles. The number of nitrogens with zero attached hydrogens (tertiary/aromatic N) is 1. The minimum atomic E-state index is 0.227. The molecule has 0 spiro atoms. The number of anilines is 2. The Morgan fingerprint density at radius 1 is 1.30 bits per heavy atom. The molecular formula is C16H24N2O2. The minimum Gasteiger partial charge on any atom is -0.383 e. The SMILES string of the molecule is COCC(Nc1ccc(N2CCCC2=O)cc1)C(C)C. The number of rotatable bonds is 6. The molecule has 1 amide bonds. The van der Waals surface area contributed by atoms with Crippen molar-refractivity contribution in [1.29, 1.82) is 0 Å². The van der Waals surface area contributed by atoms with Gasteiger partial charge in [-0.2, -0.15) is 0 Å². The van der Waals surface area contributed by atoms with Crippen LogP contribution in [0, 0.1) is 5.92 Å². The Morgan fingerprint density at radius 3 is 2.50 bits per heavy atom. The zero-order chi connectivity index (χ0) is 14.5. The monoisotopic (exact) mass is 276 g/mol. The highest BCUT2D eigenvalue weighted by Gasteiger charge is 2.21. The summed E-state index contributed by atoms with van der Waals surface area (Å²) in [6.45, 7) is 5.87. The summed E-state index contributed by atoms with van der Waals surface area (Å²) in [6.07, 6.45) is 1.63. The van der Waals surface area contributed by atoms with E-state index in [4.69, 9.17) is 4.74 Å². The maximum Gasteiger partial charge on any atom is 0.227 e. The summed E-state index contributed by atoms with van der Waals surface area (Å²) in [7, 11) is 1.72. The van der Waals surface area contributed by atoms with Crippen molar-refractivity contribution in [2.75, 3.05) is 30.5 Å². The third kappa shape index (κ3) is 3.51. The van der Waals surface area contributed by atoms with Gasteiger partial charge in [-0.25, -0.2) is 0 Å². The quantitative estimate of drug-likeness (QED) is 0.868. The van der Waals surface area contributed by atoms with Crippen LogP contribution in [0.2, 0.25) is 0 Å². The van der Waals surface area contributed by atoms with Crippen molar-refractivity contribution in [3.63, 3.8) is 0 Å². The zero-order valence-corrected chi connectivity index (χ0v) is 12.6. The standard InChI is InChI=1S/C16H24N2O2/c1-12(2)15(11-20-3)17-13-6-8-14(9-7-13)18-10-4-5-16(18)19/h6-9,12,15,17H,4-5,10-11H2,1-3H3. The molecule has 1 fully saturated rings. The Hall–Kier alpha value is -1.55. The van der Waals surface area contributed by atoms with Gasteiger partial charge in [-0.15, -0.1) is 0 Å². The van der Waals surface area contributed by atoms with E-state index in [1.807, 2.05) is 29.2 Å². The van der Waals surface area contributed by atoms with Gasteiger partial charge in [-0.05, 0) is 36.6 Å². The molecule has 1 N–H and O–H groups in total. The van der Waals surface area contributed by atoms with Crippen LogP contribution in [0.3, 0.4) is 0 Å². The highest BCUT2D eigenvalue weighted by molar-refractivity contribution is 5.95. The van der Waals surface area contributed by atoms with Crippen LogP contribution in [0.1, 0.15) is 26.7 Å². The van der Waals surface area contributed by atoms with Gasteiger partial charge in [-0.1, -0.05) is 13.8 Å². The molecule has 110 valence electrons. The largest absolute Gasteiger partial charge is 0.383 e. The fourth-order valence-electron chi connectivity index (χ4n) is 2.45. The Labute approximate surface area is 121 Å². The number of nitrogens with one attached hydrogen (secondary N) is 1. The van der Waals surface area contributed by atoms with E-state index in [-0.39, 0.29) is 5.91 Å². The van der Waals surface area contributed by atoms with Crippen LogP contribution >= 0.6 is 0 Å². The van der Waals surface area contributed by atoms with Gasteiger partial charge in [-0.3, -0.25) is 4.79 Å². The molecule has 0 aromatic heterocycles. The molecule has 1 unspecified atom stereocenters. The predicted octanol–water partition coefficient (Wildman–Crippen LogP) is 2.90. The van der Waals surface area contributed by atoms with Gasteiger partial charge in [0.1, 0.15) is 0 Å². The predicted molar refractivity (Wildman–Crippen MR) is 82.2 cm³/mol. The smallest absolute Gasteiger partial charge is 0.227 e. The number of hydrogen-bond acceptors (Lipinski definition) is 3. The summed E-state index contributed by atoms with van der Waals surface area (Å²) in [4.78, 5) is 13.6. The third-order valence-corrected chi connectivity index (χ3v) is 3.76. The number of ether oxygens (including phenoxy) is 1. The highest BCUT2D eigenvalue weighted by Crippen LogP contribution is 2.23. The molecule has 0 aliphatic carbocycles. The summed E-state index contributed by atoms with van der Waals surface area (Å²) in [6, 6.07) is 8.38. The van der Waals surface area contributed by atoms with Gasteiger partial charge in [0.25, 0.3) is 0 Å². The molecule has 1 atom stereocenters. The van der Waals surface area contributed by atoms with Crippen LogP contribution in [-0.4, -0.2) is 32.2 Å². The van der Waals surface area contributed by atoms with Crippen LogP contribution < -0.4 is 10.2 Å². The van der Waals surface area contributed by atoms with Crippen LogP contribution in [0.15, 0.2) is 24.3 Å². The lowest BCUT2D eigenvalue weighted by Crippen LogP contribution is -2.30. The number of carbonyl (C=O) groups excluding carboxylic acids is 1. The first-order chi connectivity index (χ1) is 9.61. The Morgan fingerprint density at radius 2 is 2.00 bits per heavy atom.